The number of sulfone groups is 2. The van der Waals surface area contributed by atoms with Gasteiger partial charge >= 0.3 is 12.0 Å². The van der Waals surface area contributed by atoms with Crippen LogP contribution in [0, 0.1) is 0 Å². The second-order valence-corrected chi connectivity index (χ2v) is 20.5. The highest BCUT2D eigenvalue weighted by Crippen LogP contribution is 2.25. The van der Waals surface area contributed by atoms with Gasteiger partial charge in [-0.15, -0.1) is 0 Å². The monoisotopic (exact) mass is 976 g/mol. The van der Waals surface area contributed by atoms with Crippen LogP contribution in [0.2, 0.25) is 0 Å². The molecule has 6 rings (SSSR count). The number of aryl methyl sites for hydroxylation is 2. The van der Waals surface area contributed by atoms with Gasteiger partial charge in [0.2, 0.25) is 0 Å². The van der Waals surface area contributed by atoms with Crippen LogP contribution < -0.4 is 18.9 Å². The summed E-state index contributed by atoms with van der Waals surface area (Å²) in [6, 6.07) is 13.9. The first-order valence-corrected chi connectivity index (χ1v) is 26.8. The van der Waals surface area contributed by atoms with E-state index in [1.165, 1.54) is 12.5 Å². The lowest BCUT2D eigenvalue weighted by atomic mass is 9.95. The molecule has 2 aliphatic carbocycles. The van der Waals surface area contributed by atoms with E-state index in [0.717, 1.165) is 106 Å². The number of benzene rings is 2. The predicted molar refractivity (Wildman–Crippen MR) is 247 cm³/mol. The molecule has 14 nitrogen and oxygen atoms in total. The molecule has 0 aliphatic heterocycles. The first-order valence-electron chi connectivity index (χ1n) is 21.9. The molecular formula is C46H65BrN4O10S2. The third-order valence-electron chi connectivity index (χ3n) is 10.5. The first-order chi connectivity index (χ1) is 30.2. The zero-order valence-corrected chi connectivity index (χ0v) is 40.3. The fourth-order valence-electron chi connectivity index (χ4n) is 6.55. The van der Waals surface area contributed by atoms with Crippen LogP contribution in [-0.4, -0.2) is 104 Å². The number of ether oxygens (including phenoxy) is 5. The van der Waals surface area contributed by atoms with E-state index in [-0.39, 0.29) is 24.4 Å². The van der Waals surface area contributed by atoms with Crippen molar-refractivity contribution in [3.05, 3.63) is 84.4 Å². The van der Waals surface area contributed by atoms with E-state index >= 15 is 0 Å². The second kappa shape index (κ2) is 27.4. The highest BCUT2D eigenvalue weighted by atomic mass is 79.9. The lowest BCUT2D eigenvalue weighted by Gasteiger charge is -2.28. The summed E-state index contributed by atoms with van der Waals surface area (Å²) in [6.07, 6.45) is 23.1. The SMILES string of the molecule is CCc1cnc(OC2CCC(O)CC2)nc1.CCc1cnc(OC2CCC(OCCCCOc3ccc(S(C)(=O)=O)cc3)CC2)nc1.CS(=O)(=O)c1ccc(OCCCCBr)cc1. The molecule has 0 atom stereocenters. The molecule has 2 saturated carbocycles. The average molecular weight is 978 g/mol. The number of hydrogen-bond donors (Lipinski definition) is 1. The Morgan fingerprint density at radius 2 is 0.921 bits per heavy atom. The molecule has 17 heteroatoms. The maximum absolute atomic E-state index is 11.5. The third-order valence-corrected chi connectivity index (χ3v) is 13.3. The predicted octanol–water partition coefficient (Wildman–Crippen LogP) is 8.37. The maximum atomic E-state index is 11.5. The van der Waals surface area contributed by atoms with E-state index in [1.54, 1.807) is 60.9 Å². The molecule has 0 bridgehead atoms. The van der Waals surface area contributed by atoms with E-state index in [9.17, 15) is 21.9 Å². The standard InChI is InChI=1S/C23H32N2O5S.C12H18N2O2.C11H15BrO3S/c1-3-18-16-24-23(25-17-18)30-21-8-6-19(7-9-21)28-14-4-5-15-29-20-10-12-22(13-11-20)31(2,26)27;1-2-9-7-13-12(14-8-9)16-11-5-3-10(15)4-6-11;1-16(13,14)11-6-4-10(5-7-11)15-9-3-2-8-12/h10-13,16-17,19,21H,3-9,14-15H2,1-2H3;7-8,10-11,15H,2-6H2,1H3;4-7H,2-3,8-9H2,1H3. The Hall–Kier alpha value is -3.90. The van der Waals surface area contributed by atoms with Crippen molar-refractivity contribution in [1.82, 2.24) is 19.9 Å². The molecule has 2 heterocycles. The topological polar surface area (TPSA) is 186 Å². The van der Waals surface area contributed by atoms with E-state index in [4.69, 9.17) is 23.7 Å². The molecular weight excluding hydrogens is 913 g/mol. The van der Waals surface area contributed by atoms with Crippen LogP contribution in [0.15, 0.2) is 83.1 Å². The Balaban J connectivity index is 0.000000229. The Bertz CT molecular complexity index is 2080. The fraction of sp³-hybridized carbons (Fsp3) is 0.565. The van der Waals surface area contributed by atoms with Gasteiger partial charge in [-0.3, -0.25) is 0 Å². The van der Waals surface area contributed by atoms with Crippen LogP contribution in [0.4, 0.5) is 0 Å². The fourth-order valence-corrected chi connectivity index (χ4v) is 8.20. The zero-order chi connectivity index (χ0) is 45.5. The van der Waals surface area contributed by atoms with Gasteiger partial charge in [-0.2, -0.15) is 0 Å². The molecule has 1 N–H and O–H groups in total. The van der Waals surface area contributed by atoms with E-state index < -0.39 is 19.7 Å². The normalized spacial score (nSPS) is 18.8. The van der Waals surface area contributed by atoms with Gasteiger partial charge in [0.1, 0.15) is 23.7 Å². The summed E-state index contributed by atoms with van der Waals surface area (Å²) < 4.78 is 74.0. The summed E-state index contributed by atoms with van der Waals surface area (Å²) in [6.45, 7) is 6.10. The Labute approximate surface area is 382 Å². The number of unbranched alkanes of at least 4 members (excludes halogenated alkanes) is 2. The van der Waals surface area contributed by atoms with Gasteiger partial charge in [0.15, 0.2) is 19.7 Å². The molecule has 0 saturated heterocycles. The Morgan fingerprint density at radius 1 is 0.556 bits per heavy atom. The number of alkyl halides is 1. The first kappa shape index (κ1) is 51.7. The molecule has 4 aromatic rings. The van der Waals surface area contributed by atoms with Gasteiger partial charge in [0, 0.05) is 49.2 Å². The quantitative estimate of drug-likeness (QED) is 0.0658. The Kier molecular flexibility index (Phi) is 22.5. The van der Waals surface area contributed by atoms with Crippen LogP contribution in [-0.2, 0) is 37.3 Å². The van der Waals surface area contributed by atoms with Crippen molar-refractivity contribution >= 4 is 35.6 Å². The van der Waals surface area contributed by atoms with Crippen LogP contribution in [0.5, 0.6) is 23.5 Å². The minimum Gasteiger partial charge on any atom is -0.494 e. The Morgan fingerprint density at radius 3 is 1.30 bits per heavy atom. The largest absolute Gasteiger partial charge is 0.494 e. The molecule has 2 fully saturated rings. The minimum atomic E-state index is -3.17. The molecule has 0 amide bonds. The molecule has 63 heavy (non-hydrogen) atoms. The minimum absolute atomic E-state index is 0.150. The van der Waals surface area contributed by atoms with Crippen molar-refractivity contribution in [3.63, 3.8) is 0 Å². The highest BCUT2D eigenvalue weighted by Gasteiger charge is 2.24. The summed E-state index contributed by atoms with van der Waals surface area (Å²) in [5, 5.41) is 10.4. The van der Waals surface area contributed by atoms with Crippen molar-refractivity contribution in [1.29, 1.82) is 0 Å². The van der Waals surface area contributed by atoms with E-state index in [2.05, 4.69) is 49.7 Å². The summed E-state index contributed by atoms with van der Waals surface area (Å²) in [5.74, 6) is 1.39. The van der Waals surface area contributed by atoms with Crippen LogP contribution in [0.25, 0.3) is 0 Å². The number of nitrogens with zero attached hydrogens (tertiary/aromatic N) is 4. The van der Waals surface area contributed by atoms with Gasteiger partial charge in [-0.1, -0.05) is 29.8 Å². The number of hydrogen-bond acceptors (Lipinski definition) is 14. The number of halogens is 1. The summed E-state index contributed by atoms with van der Waals surface area (Å²) in [4.78, 5) is 17.5. The number of aromatic nitrogens is 4. The van der Waals surface area contributed by atoms with E-state index in [0.29, 0.717) is 53.1 Å². The summed E-state index contributed by atoms with van der Waals surface area (Å²) in [5.41, 5.74) is 2.23. The van der Waals surface area contributed by atoms with Crippen molar-refractivity contribution in [3.8, 4) is 23.5 Å². The lowest BCUT2D eigenvalue weighted by Crippen LogP contribution is -2.29. The highest BCUT2D eigenvalue weighted by molar-refractivity contribution is 9.09. The average Bonchev–Trinajstić information content (AvgIpc) is 3.28. The van der Waals surface area contributed by atoms with Gasteiger partial charge in [0.25, 0.3) is 0 Å². The number of aliphatic hydroxyl groups is 1. The molecule has 0 spiro atoms. The number of aliphatic hydroxyl groups excluding tert-OH is 1. The molecule has 0 unspecified atom stereocenters. The van der Waals surface area contributed by atoms with Gasteiger partial charge in [-0.05, 0) is 150 Å². The maximum Gasteiger partial charge on any atom is 0.316 e. The number of rotatable bonds is 20. The van der Waals surface area contributed by atoms with Crippen LogP contribution in [0.3, 0.4) is 0 Å². The molecule has 0 radical (unpaired) electrons. The van der Waals surface area contributed by atoms with Gasteiger partial charge < -0.3 is 28.8 Å². The van der Waals surface area contributed by atoms with E-state index in [1.807, 2.05) is 12.4 Å². The smallest absolute Gasteiger partial charge is 0.316 e. The van der Waals surface area contributed by atoms with Crippen molar-refractivity contribution in [2.24, 2.45) is 0 Å². The van der Waals surface area contributed by atoms with Crippen molar-refractivity contribution in [2.45, 2.75) is 138 Å². The molecule has 2 aliphatic rings. The van der Waals surface area contributed by atoms with Crippen LogP contribution >= 0.6 is 15.9 Å². The van der Waals surface area contributed by atoms with Crippen LogP contribution in [0.1, 0.15) is 102 Å². The summed E-state index contributed by atoms with van der Waals surface area (Å²) in [7, 11) is -6.28. The van der Waals surface area contributed by atoms with Gasteiger partial charge in [0.05, 0.1) is 35.2 Å². The molecule has 2 aromatic carbocycles. The zero-order valence-electron chi connectivity index (χ0n) is 37.1. The second-order valence-electron chi connectivity index (χ2n) is 15.7. The third kappa shape index (κ3) is 20.2. The molecule has 2 aromatic heterocycles. The van der Waals surface area contributed by atoms with Gasteiger partial charge in [-0.25, -0.2) is 36.8 Å². The lowest BCUT2D eigenvalue weighted by molar-refractivity contribution is -0.00115. The van der Waals surface area contributed by atoms with Crippen molar-refractivity contribution < 1.29 is 45.6 Å². The van der Waals surface area contributed by atoms with Crippen molar-refractivity contribution in [2.75, 3.05) is 37.7 Å². The molecule has 348 valence electrons. The summed E-state index contributed by atoms with van der Waals surface area (Å²) >= 11 is 3.34.